The third-order valence-electron chi connectivity index (χ3n) is 5.35. The van der Waals surface area contributed by atoms with E-state index in [1.165, 1.54) is 18.2 Å². The van der Waals surface area contributed by atoms with Gasteiger partial charge in [-0.15, -0.1) is 0 Å². The molecule has 3 N–H and O–H groups in total. The molecule has 164 valence electrons. The number of azide groups is 1. The van der Waals surface area contributed by atoms with Gasteiger partial charge in [-0.25, -0.2) is 0 Å². The lowest BCUT2D eigenvalue weighted by molar-refractivity contribution is 0.0845. The molecule has 31 heavy (non-hydrogen) atoms. The first-order valence-electron chi connectivity index (χ1n) is 10.2. The maximum atomic E-state index is 12.8. The number of aromatic hydroxyl groups is 3. The molecule has 0 spiro atoms. The van der Waals surface area contributed by atoms with Gasteiger partial charge in [0.2, 0.25) is 0 Å². The van der Waals surface area contributed by atoms with Gasteiger partial charge in [-0.05, 0) is 36.1 Å². The Balaban J connectivity index is 1.71. The molecule has 0 fully saturated rings. The largest absolute Gasteiger partial charge is 0.508 e. The van der Waals surface area contributed by atoms with E-state index < -0.39 is 6.10 Å². The molecular formula is C22H26N4O5. The Bertz CT molecular complexity index is 986. The minimum atomic E-state index is -0.562. The second-order valence-corrected chi connectivity index (χ2v) is 7.58. The first kappa shape index (κ1) is 22.1. The summed E-state index contributed by atoms with van der Waals surface area (Å²) < 4.78 is 5.89. The van der Waals surface area contributed by atoms with Crippen LogP contribution in [0.1, 0.15) is 54.1 Å². The summed E-state index contributed by atoms with van der Waals surface area (Å²) >= 11 is 0. The van der Waals surface area contributed by atoms with Crippen LogP contribution in [0, 0.1) is 0 Å². The van der Waals surface area contributed by atoms with E-state index in [9.17, 15) is 20.1 Å². The monoisotopic (exact) mass is 426 g/mol. The number of ether oxygens (including phenoxy) is 1. The second kappa shape index (κ2) is 9.95. The van der Waals surface area contributed by atoms with Crippen molar-refractivity contribution < 1.29 is 24.9 Å². The number of benzene rings is 2. The Kier molecular flexibility index (Phi) is 7.10. The predicted molar refractivity (Wildman–Crippen MR) is 116 cm³/mol. The van der Waals surface area contributed by atoms with Crippen molar-refractivity contribution in [3.05, 3.63) is 51.9 Å². The Morgan fingerprint density at radius 1 is 1.16 bits per heavy atom. The molecule has 2 aromatic rings. The molecule has 0 radical (unpaired) electrons. The normalized spacial score (nSPS) is 15.0. The summed E-state index contributed by atoms with van der Waals surface area (Å²) in [6, 6.07) is 7.75. The van der Waals surface area contributed by atoms with E-state index in [-0.39, 0.29) is 46.5 Å². The van der Waals surface area contributed by atoms with Crippen LogP contribution in [0.25, 0.3) is 10.4 Å². The maximum absolute atomic E-state index is 12.8. The van der Waals surface area contributed by atoms with E-state index in [0.29, 0.717) is 13.1 Å². The minimum Gasteiger partial charge on any atom is -0.508 e. The van der Waals surface area contributed by atoms with Crippen molar-refractivity contribution in [2.75, 3.05) is 25.0 Å². The van der Waals surface area contributed by atoms with E-state index in [1.54, 1.807) is 24.1 Å². The zero-order chi connectivity index (χ0) is 22.4. The Morgan fingerprint density at radius 2 is 1.87 bits per heavy atom. The van der Waals surface area contributed by atoms with Crippen LogP contribution in [-0.4, -0.2) is 41.2 Å². The highest BCUT2D eigenvalue weighted by atomic mass is 16.5. The van der Waals surface area contributed by atoms with Crippen LogP contribution in [0.15, 0.2) is 35.4 Å². The molecule has 0 saturated heterocycles. The highest BCUT2D eigenvalue weighted by Gasteiger charge is 2.33. The van der Waals surface area contributed by atoms with Gasteiger partial charge >= 0.3 is 0 Å². The molecule has 1 aliphatic rings. The Hall–Kier alpha value is -3.58. The van der Waals surface area contributed by atoms with Gasteiger partial charge in [0.15, 0.2) is 11.5 Å². The summed E-state index contributed by atoms with van der Waals surface area (Å²) in [5.74, 6) is -0.467. The average molecular weight is 426 g/mol. The Labute approximate surface area is 180 Å². The molecule has 9 nitrogen and oxygen atoms in total. The smallest absolute Gasteiger partial charge is 0.174 e. The van der Waals surface area contributed by atoms with Gasteiger partial charge < -0.3 is 25.0 Å². The molecular weight excluding hydrogens is 400 g/mol. The number of unbranched alkanes of at least 4 members (excludes halogenated alkanes) is 3. The van der Waals surface area contributed by atoms with Gasteiger partial charge in [0, 0.05) is 31.1 Å². The number of hydrogen-bond donors (Lipinski definition) is 3. The highest BCUT2D eigenvalue weighted by molar-refractivity contribution is 6.05. The summed E-state index contributed by atoms with van der Waals surface area (Å²) in [6.07, 6.45) is 2.94. The van der Waals surface area contributed by atoms with Crippen LogP contribution in [0.2, 0.25) is 0 Å². The topological polar surface area (TPSA) is 139 Å². The molecule has 1 atom stereocenters. The zero-order valence-corrected chi connectivity index (χ0v) is 17.4. The summed E-state index contributed by atoms with van der Waals surface area (Å²) in [4.78, 5) is 17.2. The number of anilines is 1. The number of carbonyl (C=O) groups excluding carboxylic acids is 1. The third kappa shape index (κ3) is 5.13. The van der Waals surface area contributed by atoms with Crippen molar-refractivity contribution in [3.8, 4) is 23.0 Å². The van der Waals surface area contributed by atoms with E-state index in [2.05, 4.69) is 10.0 Å². The van der Waals surface area contributed by atoms with Crippen molar-refractivity contribution in [2.45, 2.75) is 38.2 Å². The maximum Gasteiger partial charge on any atom is 0.174 e. The van der Waals surface area contributed by atoms with Crippen molar-refractivity contribution in [1.29, 1.82) is 0 Å². The van der Waals surface area contributed by atoms with Crippen molar-refractivity contribution >= 4 is 11.5 Å². The van der Waals surface area contributed by atoms with E-state index >= 15 is 0 Å². The van der Waals surface area contributed by atoms with Gasteiger partial charge in [-0.2, -0.15) is 0 Å². The van der Waals surface area contributed by atoms with Crippen molar-refractivity contribution in [2.24, 2.45) is 5.11 Å². The van der Waals surface area contributed by atoms with E-state index in [0.717, 1.165) is 31.2 Å². The SMILES string of the molecule is CN(CCCCCCN=[N+]=[N-])c1c(O)cc2c(c1O)C(=O)CC(c1ccc(O)cc1)O2. The number of phenols is 3. The molecule has 1 heterocycles. The number of hydrogen-bond acceptors (Lipinski definition) is 7. The summed E-state index contributed by atoms with van der Waals surface area (Å²) in [7, 11) is 1.74. The molecule has 0 aromatic heterocycles. The molecule has 0 aliphatic carbocycles. The number of Topliss-reactive ketones (excluding diaryl/α,β-unsaturated/α-hetero) is 1. The number of ketones is 1. The molecule has 9 heteroatoms. The van der Waals surface area contributed by atoms with Crippen LogP contribution in [0.3, 0.4) is 0 Å². The lowest BCUT2D eigenvalue weighted by atomic mass is 9.94. The van der Waals surface area contributed by atoms with Crippen LogP contribution >= 0.6 is 0 Å². The quantitative estimate of drug-likeness (QED) is 0.227. The highest BCUT2D eigenvalue weighted by Crippen LogP contribution is 2.48. The number of fused-ring (bicyclic) bond motifs is 1. The minimum absolute atomic E-state index is 0.0461. The lowest BCUT2D eigenvalue weighted by Gasteiger charge is -2.29. The van der Waals surface area contributed by atoms with Crippen LogP contribution in [-0.2, 0) is 0 Å². The number of phenolic OH excluding ortho intramolecular Hbond substituents is 3. The first-order valence-corrected chi connectivity index (χ1v) is 10.2. The first-order chi connectivity index (χ1) is 14.9. The van der Waals surface area contributed by atoms with Gasteiger partial charge in [-0.1, -0.05) is 30.1 Å². The predicted octanol–water partition coefficient (Wildman–Crippen LogP) is 4.82. The lowest BCUT2D eigenvalue weighted by Crippen LogP contribution is -2.23. The summed E-state index contributed by atoms with van der Waals surface area (Å²) in [6.45, 7) is 1.05. The van der Waals surface area contributed by atoms with Crippen LogP contribution in [0.4, 0.5) is 5.69 Å². The fourth-order valence-corrected chi connectivity index (χ4v) is 3.74. The number of nitrogens with zero attached hydrogens (tertiary/aromatic N) is 4. The number of rotatable bonds is 9. The van der Waals surface area contributed by atoms with E-state index in [4.69, 9.17) is 10.3 Å². The fraction of sp³-hybridized carbons (Fsp3) is 0.409. The van der Waals surface area contributed by atoms with Crippen LogP contribution in [0.5, 0.6) is 23.0 Å². The molecule has 0 bridgehead atoms. The second-order valence-electron chi connectivity index (χ2n) is 7.58. The van der Waals surface area contributed by atoms with Crippen molar-refractivity contribution in [1.82, 2.24) is 0 Å². The molecule has 2 aromatic carbocycles. The standard InChI is InChI=1S/C22H26N4O5/c1-26(11-5-3-2-4-10-24-25-23)21-17(29)13-19-20(22(21)30)16(28)12-18(31-19)14-6-8-15(27)9-7-14/h6-9,13,18,27,29-30H,2-5,10-12H2,1H3. The zero-order valence-electron chi connectivity index (χ0n) is 17.4. The molecule has 1 unspecified atom stereocenters. The van der Waals surface area contributed by atoms with Gasteiger partial charge in [0.05, 0.1) is 6.42 Å². The molecule has 3 rings (SSSR count). The summed E-state index contributed by atoms with van der Waals surface area (Å²) in [5, 5.41) is 34.2. The average Bonchev–Trinajstić information content (AvgIpc) is 2.73. The fourth-order valence-electron chi connectivity index (χ4n) is 3.74. The van der Waals surface area contributed by atoms with Crippen LogP contribution < -0.4 is 9.64 Å². The molecule has 0 amide bonds. The Morgan fingerprint density at radius 3 is 2.58 bits per heavy atom. The van der Waals surface area contributed by atoms with Crippen molar-refractivity contribution in [3.63, 3.8) is 0 Å². The molecule has 1 aliphatic heterocycles. The molecule has 0 saturated carbocycles. The van der Waals surface area contributed by atoms with Gasteiger partial charge in [0.25, 0.3) is 0 Å². The van der Waals surface area contributed by atoms with Gasteiger partial charge in [-0.3, -0.25) is 4.79 Å². The summed E-state index contributed by atoms with van der Waals surface area (Å²) in [5.41, 5.74) is 9.26. The van der Waals surface area contributed by atoms with E-state index in [1.807, 2.05) is 0 Å². The third-order valence-corrected chi connectivity index (χ3v) is 5.35. The number of carbonyl (C=O) groups is 1. The van der Waals surface area contributed by atoms with Gasteiger partial charge in [0.1, 0.15) is 34.6 Å².